The molecule has 0 aliphatic heterocycles. The summed E-state index contributed by atoms with van der Waals surface area (Å²) in [6.07, 6.45) is 0. The number of likely N-dealkylation sites (N-methyl/N-ethyl adjacent to an activating group) is 1. The molecule has 76 valence electrons. The van der Waals surface area contributed by atoms with Crippen LogP contribution in [0.4, 0.5) is 4.39 Å². The van der Waals surface area contributed by atoms with Gasteiger partial charge in [-0.05, 0) is 24.6 Å². The molecule has 1 aromatic carbocycles. The molecule has 0 aliphatic rings. The average Bonchev–Trinajstić information content (AvgIpc) is 2.18. The number of nitrogens with two attached hydrogens (primary N) is 1. The van der Waals surface area contributed by atoms with Gasteiger partial charge in [0.05, 0.1) is 0 Å². The number of benzene rings is 1. The molecule has 0 unspecified atom stereocenters. The lowest BCUT2D eigenvalue weighted by molar-refractivity contribution is -0.122. The molecule has 14 heavy (non-hydrogen) atoms. The molecule has 0 aromatic heterocycles. The van der Waals surface area contributed by atoms with Gasteiger partial charge in [0.25, 0.3) is 0 Å². The Hall–Kier alpha value is -1.42. The van der Waals surface area contributed by atoms with Crippen molar-refractivity contribution in [1.82, 2.24) is 5.32 Å². The van der Waals surface area contributed by atoms with E-state index in [1.165, 1.54) is 24.3 Å². The number of halogens is 1. The van der Waals surface area contributed by atoms with Crippen LogP contribution in [0.25, 0.3) is 0 Å². The van der Waals surface area contributed by atoms with Crippen LogP contribution < -0.4 is 11.1 Å². The van der Waals surface area contributed by atoms with Gasteiger partial charge in [-0.25, -0.2) is 4.39 Å². The van der Waals surface area contributed by atoms with Crippen molar-refractivity contribution < 1.29 is 9.18 Å². The zero-order chi connectivity index (χ0) is 10.6. The molecule has 0 saturated carbocycles. The summed E-state index contributed by atoms with van der Waals surface area (Å²) < 4.78 is 12.6. The van der Waals surface area contributed by atoms with Crippen LogP contribution in [0.5, 0.6) is 0 Å². The zero-order valence-corrected chi connectivity index (χ0v) is 7.96. The van der Waals surface area contributed by atoms with E-state index in [0.29, 0.717) is 12.1 Å². The third-order valence-electron chi connectivity index (χ3n) is 1.86. The minimum absolute atomic E-state index is 0.251. The first-order valence-corrected chi connectivity index (χ1v) is 4.44. The lowest BCUT2D eigenvalue weighted by Crippen LogP contribution is -2.33. The van der Waals surface area contributed by atoms with Gasteiger partial charge in [-0.15, -0.1) is 0 Å². The molecule has 0 radical (unpaired) electrons. The highest BCUT2D eigenvalue weighted by atomic mass is 19.1. The predicted molar refractivity (Wildman–Crippen MR) is 52.0 cm³/mol. The van der Waals surface area contributed by atoms with Crippen LogP contribution in [-0.4, -0.2) is 12.5 Å². The van der Waals surface area contributed by atoms with Gasteiger partial charge in [-0.2, -0.15) is 0 Å². The Bertz CT molecular complexity index is 310. The Morgan fingerprint density at radius 3 is 2.57 bits per heavy atom. The fraction of sp³-hybridized carbons (Fsp3) is 0.300. The predicted octanol–water partition coefficient (Wildman–Crippen LogP) is 0.962. The van der Waals surface area contributed by atoms with E-state index in [1.807, 2.05) is 6.92 Å². The molecule has 0 spiro atoms. The largest absolute Gasteiger partial charge is 0.355 e. The minimum atomic E-state index is -0.726. The molecule has 0 aliphatic carbocycles. The molecular formula is C10H13FN2O. The molecule has 1 atom stereocenters. The fourth-order valence-electron chi connectivity index (χ4n) is 1.11. The molecule has 0 fully saturated rings. The summed E-state index contributed by atoms with van der Waals surface area (Å²) in [6.45, 7) is 2.35. The van der Waals surface area contributed by atoms with Gasteiger partial charge in [-0.3, -0.25) is 4.79 Å². The van der Waals surface area contributed by atoms with Crippen LogP contribution in [0.3, 0.4) is 0 Å². The topological polar surface area (TPSA) is 55.1 Å². The molecule has 1 aromatic rings. The average molecular weight is 196 g/mol. The Morgan fingerprint density at radius 1 is 1.50 bits per heavy atom. The Kier molecular flexibility index (Phi) is 3.59. The summed E-state index contributed by atoms with van der Waals surface area (Å²) in [5.41, 5.74) is 6.25. The van der Waals surface area contributed by atoms with Crippen LogP contribution in [0.15, 0.2) is 24.3 Å². The van der Waals surface area contributed by atoms with Crippen LogP contribution in [-0.2, 0) is 4.79 Å². The van der Waals surface area contributed by atoms with Crippen LogP contribution >= 0.6 is 0 Å². The highest BCUT2D eigenvalue weighted by molar-refractivity contribution is 5.82. The van der Waals surface area contributed by atoms with Gasteiger partial charge in [0.1, 0.15) is 11.9 Å². The number of carbonyl (C=O) groups excluding carboxylic acids is 1. The van der Waals surface area contributed by atoms with Crippen molar-refractivity contribution in [2.24, 2.45) is 5.73 Å². The third kappa shape index (κ3) is 2.53. The van der Waals surface area contributed by atoms with E-state index in [4.69, 9.17) is 5.73 Å². The lowest BCUT2D eigenvalue weighted by Gasteiger charge is -2.10. The maximum atomic E-state index is 12.6. The van der Waals surface area contributed by atoms with Gasteiger partial charge in [0, 0.05) is 6.54 Å². The van der Waals surface area contributed by atoms with E-state index >= 15 is 0 Å². The van der Waals surface area contributed by atoms with Crippen LogP contribution in [0, 0.1) is 5.82 Å². The Morgan fingerprint density at radius 2 is 2.07 bits per heavy atom. The monoisotopic (exact) mass is 196 g/mol. The molecule has 1 rings (SSSR count). The lowest BCUT2D eigenvalue weighted by atomic mass is 10.1. The molecular weight excluding hydrogens is 183 g/mol. The van der Waals surface area contributed by atoms with Crippen molar-refractivity contribution in [1.29, 1.82) is 0 Å². The maximum Gasteiger partial charge on any atom is 0.241 e. The molecule has 3 nitrogen and oxygen atoms in total. The number of hydrogen-bond acceptors (Lipinski definition) is 2. The first kappa shape index (κ1) is 10.7. The second-order valence-corrected chi connectivity index (χ2v) is 2.92. The van der Waals surface area contributed by atoms with E-state index in [1.54, 1.807) is 0 Å². The van der Waals surface area contributed by atoms with Crippen molar-refractivity contribution >= 4 is 5.91 Å². The molecule has 0 heterocycles. The number of amides is 1. The zero-order valence-electron chi connectivity index (χ0n) is 7.96. The van der Waals surface area contributed by atoms with Gasteiger partial charge in [0.15, 0.2) is 0 Å². The molecule has 4 heteroatoms. The summed E-state index contributed by atoms with van der Waals surface area (Å²) in [5, 5.41) is 2.60. The molecule has 0 bridgehead atoms. The standard InChI is InChI=1S/C10H13FN2O/c1-2-13-10(14)9(12)7-3-5-8(11)6-4-7/h3-6,9H,2,12H2,1H3,(H,13,14)/t9-/m1/s1. The van der Waals surface area contributed by atoms with Crippen LogP contribution in [0.1, 0.15) is 18.5 Å². The summed E-state index contributed by atoms with van der Waals surface area (Å²) in [7, 11) is 0. The number of rotatable bonds is 3. The minimum Gasteiger partial charge on any atom is -0.355 e. The van der Waals surface area contributed by atoms with E-state index in [2.05, 4.69) is 5.32 Å². The van der Waals surface area contributed by atoms with Gasteiger partial charge < -0.3 is 11.1 Å². The number of nitrogens with one attached hydrogen (secondary N) is 1. The smallest absolute Gasteiger partial charge is 0.241 e. The van der Waals surface area contributed by atoms with E-state index < -0.39 is 6.04 Å². The van der Waals surface area contributed by atoms with Crippen LogP contribution in [0.2, 0.25) is 0 Å². The first-order valence-electron chi connectivity index (χ1n) is 4.44. The quantitative estimate of drug-likeness (QED) is 0.756. The highest BCUT2D eigenvalue weighted by Gasteiger charge is 2.14. The van der Waals surface area contributed by atoms with E-state index in [9.17, 15) is 9.18 Å². The van der Waals surface area contributed by atoms with Crippen molar-refractivity contribution in [3.05, 3.63) is 35.6 Å². The van der Waals surface area contributed by atoms with Crippen molar-refractivity contribution in [2.75, 3.05) is 6.54 Å². The Labute approximate surface area is 82.1 Å². The van der Waals surface area contributed by atoms with Gasteiger partial charge in [-0.1, -0.05) is 12.1 Å². The fourth-order valence-corrected chi connectivity index (χ4v) is 1.11. The molecule has 3 N–H and O–H groups in total. The van der Waals surface area contributed by atoms with Gasteiger partial charge in [0.2, 0.25) is 5.91 Å². The van der Waals surface area contributed by atoms with Crippen molar-refractivity contribution in [3.63, 3.8) is 0 Å². The van der Waals surface area contributed by atoms with E-state index in [0.717, 1.165) is 0 Å². The molecule has 1 amide bonds. The summed E-state index contributed by atoms with van der Waals surface area (Å²) >= 11 is 0. The van der Waals surface area contributed by atoms with Gasteiger partial charge >= 0.3 is 0 Å². The first-order chi connectivity index (χ1) is 6.65. The third-order valence-corrected chi connectivity index (χ3v) is 1.86. The molecule has 0 saturated heterocycles. The van der Waals surface area contributed by atoms with E-state index in [-0.39, 0.29) is 11.7 Å². The normalized spacial score (nSPS) is 12.2. The second kappa shape index (κ2) is 4.72. The highest BCUT2D eigenvalue weighted by Crippen LogP contribution is 2.10. The summed E-state index contributed by atoms with van der Waals surface area (Å²) in [4.78, 5) is 11.3. The summed E-state index contributed by atoms with van der Waals surface area (Å²) in [6, 6.07) is 4.86. The number of carbonyl (C=O) groups is 1. The SMILES string of the molecule is CCNC(=O)[C@H](N)c1ccc(F)cc1. The summed E-state index contributed by atoms with van der Waals surface area (Å²) in [5.74, 6) is -0.587. The second-order valence-electron chi connectivity index (χ2n) is 2.92. The maximum absolute atomic E-state index is 12.6. The Balaban J connectivity index is 2.73. The number of hydrogen-bond donors (Lipinski definition) is 2. The van der Waals surface area contributed by atoms with Crippen molar-refractivity contribution in [2.45, 2.75) is 13.0 Å². The van der Waals surface area contributed by atoms with Crippen molar-refractivity contribution in [3.8, 4) is 0 Å².